The molecule has 1 aliphatic heterocycles. The van der Waals surface area contributed by atoms with Crippen molar-refractivity contribution in [3.05, 3.63) is 48.0 Å². The number of aromatic nitrogens is 2. The molecular formula is C21H28FN5O2. The molecule has 29 heavy (non-hydrogen) atoms. The van der Waals surface area contributed by atoms with Crippen LogP contribution >= 0.6 is 0 Å². The molecule has 1 aliphatic rings. The molecule has 0 aliphatic carbocycles. The minimum absolute atomic E-state index is 0.0253. The maximum Gasteiger partial charge on any atom is 0.234 e. The molecule has 156 valence electrons. The molecule has 2 heterocycles. The second-order valence-electron chi connectivity index (χ2n) is 7.52. The highest BCUT2D eigenvalue weighted by molar-refractivity contribution is 5.78. The Balaban J connectivity index is 1.52. The number of halogens is 1. The summed E-state index contributed by atoms with van der Waals surface area (Å²) in [6.45, 7) is 7.47. The Morgan fingerprint density at radius 1 is 1.17 bits per heavy atom. The van der Waals surface area contributed by atoms with Crippen LogP contribution in [0.2, 0.25) is 0 Å². The molecular weight excluding hydrogens is 373 g/mol. The minimum Gasteiger partial charge on any atom is -0.480 e. The quantitative estimate of drug-likeness (QED) is 0.768. The highest BCUT2D eigenvalue weighted by atomic mass is 19.1. The molecule has 7 nitrogen and oxygen atoms in total. The van der Waals surface area contributed by atoms with E-state index < -0.39 is 0 Å². The van der Waals surface area contributed by atoms with Gasteiger partial charge in [0.2, 0.25) is 11.8 Å². The number of nitrogens with one attached hydrogen (secondary N) is 1. The van der Waals surface area contributed by atoms with Crippen molar-refractivity contribution >= 4 is 11.7 Å². The lowest BCUT2D eigenvalue weighted by Gasteiger charge is -2.35. The average Bonchev–Trinajstić information content (AvgIpc) is 2.73. The summed E-state index contributed by atoms with van der Waals surface area (Å²) in [6, 6.07) is 6.17. The van der Waals surface area contributed by atoms with Crippen LogP contribution in [0.4, 0.5) is 10.2 Å². The van der Waals surface area contributed by atoms with Crippen molar-refractivity contribution in [1.82, 2.24) is 20.2 Å². The van der Waals surface area contributed by atoms with Crippen LogP contribution in [-0.4, -0.2) is 60.6 Å². The number of nitrogens with zero attached hydrogens (tertiary/aromatic N) is 4. The largest absolute Gasteiger partial charge is 0.480 e. The van der Waals surface area contributed by atoms with Gasteiger partial charge in [0.1, 0.15) is 5.82 Å². The normalized spacial score (nSPS) is 16.0. The van der Waals surface area contributed by atoms with Crippen molar-refractivity contribution in [2.24, 2.45) is 5.92 Å². The number of rotatable bonds is 7. The van der Waals surface area contributed by atoms with Gasteiger partial charge in [0.05, 0.1) is 32.1 Å². The summed E-state index contributed by atoms with van der Waals surface area (Å²) in [5.41, 5.74) is 0.913. The number of carbonyl (C=O) groups is 1. The molecule has 8 heteroatoms. The number of benzene rings is 1. The molecule has 0 saturated carbocycles. The van der Waals surface area contributed by atoms with Gasteiger partial charge in [-0.25, -0.2) is 4.39 Å². The van der Waals surface area contributed by atoms with Gasteiger partial charge in [0.25, 0.3) is 0 Å². The maximum atomic E-state index is 13.2. The predicted molar refractivity (Wildman–Crippen MR) is 109 cm³/mol. The summed E-state index contributed by atoms with van der Waals surface area (Å²) in [5, 5.41) is 3.10. The summed E-state index contributed by atoms with van der Waals surface area (Å²) >= 11 is 0. The molecule has 0 radical (unpaired) electrons. The first-order chi connectivity index (χ1) is 14.0. The minimum atomic E-state index is -0.277. The van der Waals surface area contributed by atoms with E-state index in [9.17, 15) is 9.18 Å². The fraction of sp³-hybridized carbons (Fsp3) is 0.476. The average molecular weight is 401 g/mol. The van der Waals surface area contributed by atoms with Gasteiger partial charge in [-0.05, 0) is 23.6 Å². The van der Waals surface area contributed by atoms with Gasteiger partial charge in [-0.3, -0.25) is 14.7 Å². The second kappa shape index (κ2) is 9.65. The summed E-state index contributed by atoms with van der Waals surface area (Å²) in [7, 11) is 1.57. The van der Waals surface area contributed by atoms with Crippen LogP contribution in [0.3, 0.4) is 0 Å². The summed E-state index contributed by atoms with van der Waals surface area (Å²) in [5.74, 6) is 1.17. The third-order valence-corrected chi connectivity index (χ3v) is 5.08. The standard InChI is InChI=1S/C21H28FN5O2/c1-15(2)21(16-4-6-17(22)7-5-16)25-19(28)14-26-8-10-27(11-9-26)18-12-23-13-20(24-18)29-3/h4-7,12-13,15,21H,8-11,14H2,1-3H3,(H,25,28). The fourth-order valence-electron chi connectivity index (χ4n) is 3.45. The maximum absolute atomic E-state index is 13.2. The van der Waals surface area contributed by atoms with Crippen LogP contribution in [-0.2, 0) is 4.79 Å². The Morgan fingerprint density at radius 2 is 1.86 bits per heavy atom. The lowest BCUT2D eigenvalue weighted by atomic mass is 9.96. The van der Waals surface area contributed by atoms with E-state index in [4.69, 9.17) is 4.74 Å². The molecule has 1 aromatic carbocycles. The molecule has 0 bridgehead atoms. The lowest BCUT2D eigenvalue weighted by molar-refractivity contribution is -0.123. The summed E-state index contributed by atoms with van der Waals surface area (Å²) in [6.07, 6.45) is 3.30. The van der Waals surface area contributed by atoms with Crippen LogP contribution < -0.4 is 15.0 Å². The molecule has 1 unspecified atom stereocenters. The Hall–Kier alpha value is -2.74. The third-order valence-electron chi connectivity index (χ3n) is 5.08. The Kier molecular flexibility index (Phi) is 6.98. The lowest BCUT2D eigenvalue weighted by Crippen LogP contribution is -2.50. The zero-order valence-corrected chi connectivity index (χ0v) is 17.1. The molecule has 1 atom stereocenters. The van der Waals surface area contributed by atoms with Crippen LogP contribution in [0.1, 0.15) is 25.5 Å². The van der Waals surface area contributed by atoms with E-state index in [1.54, 1.807) is 31.6 Å². The highest BCUT2D eigenvalue weighted by Crippen LogP contribution is 2.22. The van der Waals surface area contributed by atoms with Gasteiger partial charge < -0.3 is 15.0 Å². The number of hydrogen-bond donors (Lipinski definition) is 1. The first-order valence-corrected chi connectivity index (χ1v) is 9.84. The van der Waals surface area contributed by atoms with E-state index in [1.165, 1.54) is 12.1 Å². The number of piperazine rings is 1. The van der Waals surface area contributed by atoms with Gasteiger partial charge in [-0.15, -0.1) is 0 Å². The number of carbonyl (C=O) groups excluding carboxylic acids is 1. The van der Waals surface area contributed by atoms with E-state index in [-0.39, 0.29) is 23.7 Å². The van der Waals surface area contributed by atoms with Gasteiger partial charge >= 0.3 is 0 Å². The van der Waals surface area contributed by atoms with E-state index in [0.29, 0.717) is 12.4 Å². The second-order valence-corrected chi connectivity index (χ2v) is 7.52. The summed E-state index contributed by atoms with van der Waals surface area (Å²) in [4.78, 5) is 25.5. The van der Waals surface area contributed by atoms with E-state index in [2.05, 4.69) is 25.1 Å². The number of amides is 1. The number of methoxy groups -OCH3 is 1. The number of ether oxygens (including phenoxy) is 1. The third kappa shape index (κ3) is 5.63. The Labute approximate surface area is 170 Å². The topological polar surface area (TPSA) is 70.6 Å². The van der Waals surface area contributed by atoms with E-state index in [1.807, 2.05) is 13.8 Å². The fourth-order valence-corrected chi connectivity index (χ4v) is 3.45. The van der Waals surface area contributed by atoms with Crippen LogP contribution in [0.15, 0.2) is 36.7 Å². The van der Waals surface area contributed by atoms with Crippen molar-refractivity contribution in [2.45, 2.75) is 19.9 Å². The van der Waals surface area contributed by atoms with Crippen molar-refractivity contribution < 1.29 is 13.9 Å². The van der Waals surface area contributed by atoms with Gasteiger partial charge in [-0.1, -0.05) is 26.0 Å². The van der Waals surface area contributed by atoms with Gasteiger partial charge in [0.15, 0.2) is 5.82 Å². The molecule has 1 amide bonds. The zero-order valence-electron chi connectivity index (χ0n) is 17.1. The van der Waals surface area contributed by atoms with Gasteiger partial charge in [-0.2, -0.15) is 4.98 Å². The molecule has 1 N–H and O–H groups in total. The van der Waals surface area contributed by atoms with E-state index in [0.717, 1.165) is 37.6 Å². The Morgan fingerprint density at radius 3 is 2.48 bits per heavy atom. The van der Waals surface area contributed by atoms with Crippen molar-refractivity contribution in [2.75, 3.05) is 44.7 Å². The smallest absolute Gasteiger partial charge is 0.234 e. The number of hydrogen-bond acceptors (Lipinski definition) is 6. The first-order valence-electron chi connectivity index (χ1n) is 9.84. The predicted octanol–water partition coefficient (Wildman–Crippen LogP) is 2.26. The van der Waals surface area contributed by atoms with Crippen LogP contribution in [0.25, 0.3) is 0 Å². The summed E-state index contributed by atoms with van der Waals surface area (Å²) < 4.78 is 18.3. The SMILES string of the molecule is COc1cncc(N2CCN(CC(=O)NC(c3ccc(F)cc3)C(C)C)CC2)n1. The van der Waals surface area contributed by atoms with Crippen molar-refractivity contribution in [3.8, 4) is 5.88 Å². The zero-order chi connectivity index (χ0) is 20.8. The molecule has 1 saturated heterocycles. The van der Waals surface area contributed by atoms with Crippen LogP contribution in [0, 0.1) is 11.7 Å². The molecule has 3 rings (SSSR count). The monoisotopic (exact) mass is 401 g/mol. The molecule has 2 aromatic rings. The van der Waals surface area contributed by atoms with E-state index >= 15 is 0 Å². The molecule has 1 fully saturated rings. The molecule has 0 spiro atoms. The number of anilines is 1. The first kappa shape index (κ1) is 21.0. The molecule has 1 aromatic heterocycles. The highest BCUT2D eigenvalue weighted by Gasteiger charge is 2.23. The van der Waals surface area contributed by atoms with Crippen molar-refractivity contribution in [1.29, 1.82) is 0 Å². The van der Waals surface area contributed by atoms with Gasteiger partial charge in [0, 0.05) is 26.2 Å². The van der Waals surface area contributed by atoms with Crippen molar-refractivity contribution in [3.63, 3.8) is 0 Å². The Bertz CT molecular complexity index is 807. The van der Waals surface area contributed by atoms with Crippen LogP contribution in [0.5, 0.6) is 5.88 Å².